The van der Waals surface area contributed by atoms with Gasteiger partial charge in [-0.15, -0.1) is 0 Å². The van der Waals surface area contributed by atoms with E-state index in [2.05, 4.69) is 10.3 Å². The first kappa shape index (κ1) is 21.7. The molecule has 1 amide bonds. The number of carbonyl (C=O) groups is 2. The average molecular weight is 429 g/mol. The zero-order valence-electron chi connectivity index (χ0n) is 16.9. The van der Waals surface area contributed by atoms with Crippen molar-refractivity contribution in [2.24, 2.45) is 0 Å². The number of carbonyl (C=O) groups excluding carboxylic acids is 2. The molecule has 0 radical (unpaired) electrons. The van der Waals surface area contributed by atoms with Crippen LogP contribution >= 0.6 is 0 Å². The van der Waals surface area contributed by atoms with Crippen LogP contribution in [0, 0.1) is 0 Å². The number of ketones is 1. The Labute approximate surface area is 175 Å². The summed E-state index contributed by atoms with van der Waals surface area (Å²) in [4.78, 5) is 27.9. The first-order chi connectivity index (χ1) is 14.3. The highest BCUT2D eigenvalue weighted by Gasteiger charge is 2.23. The molecule has 2 aromatic carbocycles. The maximum Gasteiger partial charge on any atom is 0.243 e. The lowest BCUT2D eigenvalue weighted by Gasteiger charge is -2.17. The molecule has 9 heteroatoms. The number of sulfonamides is 1. The van der Waals surface area contributed by atoms with Crippen molar-refractivity contribution in [3.63, 3.8) is 0 Å². The number of para-hydroxylation sites is 2. The average Bonchev–Trinajstić information content (AvgIpc) is 3.14. The molecule has 1 N–H and O–H groups in total. The quantitative estimate of drug-likeness (QED) is 0.415. The second-order valence-electron chi connectivity index (χ2n) is 6.97. The number of nitrogens with zero attached hydrogens (tertiary/aromatic N) is 3. The number of aromatic nitrogens is 2. The molecular weight excluding hydrogens is 404 g/mol. The van der Waals surface area contributed by atoms with E-state index >= 15 is 0 Å². The molecule has 1 heterocycles. The van der Waals surface area contributed by atoms with Crippen LogP contribution in [0.1, 0.15) is 23.7 Å². The number of hydrogen-bond donors (Lipinski definition) is 1. The van der Waals surface area contributed by atoms with Crippen molar-refractivity contribution in [2.45, 2.75) is 24.8 Å². The molecule has 0 aliphatic rings. The Morgan fingerprint density at radius 2 is 1.80 bits per heavy atom. The minimum absolute atomic E-state index is 0.0368. The smallest absolute Gasteiger partial charge is 0.243 e. The number of aryl methyl sites for hydroxylation is 1. The van der Waals surface area contributed by atoms with E-state index in [0.29, 0.717) is 25.1 Å². The number of imidazole rings is 1. The number of rotatable bonds is 9. The van der Waals surface area contributed by atoms with Gasteiger partial charge in [0.1, 0.15) is 0 Å². The number of likely N-dealkylation sites (N-methyl/N-ethyl adjacent to an activating group) is 1. The molecule has 8 nitrogen and oxygen atoms in total. The molecule has 3 rings (SSSR count). The Balaban J connectivity index is 1.49. The SMILES string of the molecule is CC(=O)c1ccc(S(=O)(=O)N(C)CC(=O)NCCCn2cnc3ccccc32)cc1. The molecule has 0 atom stereocenters. The highest BCUT2D eigenvalue weighted by molar-refractivity contribution is 7.89. The minimum Gasteiger partial charge on any atom is -0.355 e. The summed E-state index contributed by atoms with van der Waals surface area (Å²) in [5, 5.41) is 2.75. The molecule has 0 unspecified atom stereocenters. The monoisotopic (exact) mass is 428 g/mol. The summed E-state index contributed by atoms with van der Waals surface area (Å²) in [5.41, 5.74) is 2.38. The molecule has 0 saturated heterocycles. The molecule has 0 aliphatic carbocycles. The van der Waals surface area contributed by atoms with Gasteiger partial charge in [0.15, 0.2) is 5.78 Å². The Kier molecular flexibility index (Phi) is 6.63. The standard InChI is InChI=1S/C21H24N4O4S/c1-16(26)17-8-10-18(11-9-17)30(28,29)24(2)14-21(27)22-12-5-13-25-15-23-19-6-3-4-7-20(19)25/h3-4,6-11,15H,5,12-14H2,1-2H3,(H,22,27). The third kappa shape index (κ3) is 4.92. The Morgan fingerprint density at radius 1 is 1.10 bits per heavy atom. The molecular formula is C21H24N4O4S. The fourth-order valence-electron chi connectivity index (χ4n) is 3.05. The topological polar surface area (TPSA) is 101 Å². The summed E-state index contributed by atoms with van der Waals surface area (Å²) >= 11 is 0. The van der Waals surface area contributed by atoms with E-state index in [-0.39, 0.29) is 23.1 Å². The summed E-state index contributed by atoms with van der Waals surface area (Å²) in [6.07, 6.45) is 2.46. The van der Waals surface area contributed by atoms with Crippen LogP contribution in [0.3, 0.4) is 0 Å². The predicted octanol–water partition coefficient (Wildman–Crippen LogP) is 2.07. The van der Waals surface area contributed by atoms with Gasteiger partial charge in [0.2, 0.25) is 15.9 Å². The van der Waals surface area contributed by atoms with E-state index in [4.69, 9.17) is 0 Å². The first-order valence-electron chi connectivity index (χ1n) is 9.53. The minimum atomic E-state index is -3.82. The highest BCUT2D eigenvalue weighted by Crippen LogP contribution is 2.15. The van der Waals surface area contributed by atoms with Crippen LogP contribution in [0.5, 0.6) is 0 Å². The fourth-order valence-corrected chi connectivity index (χ4v) is 4.18. The van der Waals surface area contributed by atoms with Gasteiger partial charge < -0.3 is 9.88 Å². The van der Waals surface area contributed by atoms with Crippen LogP contribution in [0.2, 0.25) is 0 Å². The van der Waals surface area contributed by atoms with Crippen molar-refractivity contribution in [1.82, 2.24) is 19.2 Å². The normalized spacial score (nSPS) is 11.7. The Morgan fingerprint density at radius 3 is 2.50 bits per heavy atom. The zero-order chi connectivity index (χ0) is 21.7. The number of fused-ring (bicyclic) bond motifs is 1. The molecule has 1 aromatic heterocycles. The van der Waals surface area contributed by atoms with Crippen LogP contribution < -0.4 is 5.32 Å². The second kappa shape index (κ2) is 9.19. The van der Waals surface area contributed by atoms with Crippen molar-refractivity contribution >= 4 is 32.7 Å². The van der Waals surface area contributed by atoms with E-state index < -0.39 is 10.0 Å². The number of benzene rings is 2. The highest BCUT2D eigenvalue weighted by atomic mass is 32.2. The van der Waals surface area contributed by atoms with E-state index in [9.17, 15) is 18.0 Å². The molecule has 158 valence electrons. The van der Waals surface area contributed by atoms with Crippen molar-refractivity contribution in [3.05, 3.63) is 60.4 Å². The maximum atomic E-state index is 12.6. The molecule has 30 heavy (non-hydrogen) atoms. The lowest BCUT2D eigenvalue weighted by molar-refractivity contribution is -0.121. The van der Waals surface area contributed by atoms with Crippen molar-refractivity contribution in [3.8, 4) is 0 Å². The van der Waals surface area contributed by atoms with Crippen LogP contribution in [-0.4, -0.2) is 54.1 Å². The van der Waals surface area contributed by atoms with E-state index in [0.717, 1.165) is 15.3 Å². The van der Waals surface area contributed by atoms with Crippen molar-refractivity contribution in [2.75, 3.05) is 20.1 Å². The number of nitrogens with one attached hydrogen (secondary N) is 1. The van der Waals surface area contributed by atoms with Gasteiger partial charge in [-0.3, -0.25) is 9.59 Å². The Hall–Kier alpha value is -3.04. The van der Waals surface area contributed by atoms with Crippen LogP contribution in [-0.2, 0) is 21.4 Å². The largest absolute Gasteiger partial charge is 0.355 e. The van der Waals surface area contributed by atoms with Gasteiger partial charge in [-0.1, -0.05) is 24.3 Å². The zero-order valence-corrected chi connectivity index (χ0v) is 17.7. The fraction of sp³-hybridized carbons (Fsp3) is 0.286. The van der Waals surface area contributed by atoms with E-state index in [1.165, 1.54) is 38.2 Å². The Bertz CT molecular complexity index is 1150. The molecule has 0 saturated carbocycles. The van der Waals surface area contributed by atoms with Gasteiger partial charge in [0.25, 0.3) is 0 Å². The van der Waals surface area contributed by atoms with Crippen LogP contribution in [0.25, 0.3) is 11.0 Å². The van der Waals surface area contributed by atoms with Gasteiger partial charge in [-0.05, 0) is 37.6 Å². The van der Waals surface area contributed by atoms with Gasteiger partial charge in [0, 0.05) is 25.7 Å². The second-order valence-corrected chi connectivity index (χ2v) is 9.02. The molecule has 0 spiro atoms. The number of hydrogen-bond acceptors (Lipinski definition) is 5. The van der Waals surface area contributed by atoms with Gasteiger partial charge in [-0.25, -0.2) is 13.4 Å². The summed E-state index contributed by atoms with van der Waals surface area (Å²) in [6, 6.07) is 13.5. The third-order valence-corrected chi connectivity index (χ3v) is 6.58. The summed E-state index contributed by atoms with van der Waals surface area (Å²) < 4.78 is 28.2. The molecule has 3 aromatic rings. The van der Waals surface area contributed by atoms with Crippen LogP contribution in [0.15, 0.2) is 59.8 Å². The van der Waals surface area contributed by atoms with Gasteiger partial charge in [0.05, 0.1) is 28.8 Å². The summed E-state index contributed by atoms with van der Waals surface area (Å²) in [7, 11) is -2.47. The van der Waals surface area contributed by atoms with Crippen LogP contribution in [0.4, 0.5) is 0 Å². The number of Topliss-reactive ketones (excluding diaryl/α,β-unsaturated/α-hetero) is 1. The van der Waals surface area contributed by atoms with E-state index in [1.807, 2.05) is 28.8 Å². The van der Waals surface area contributed by atoms with Gasteiger partial charge >= 0.3 is 0 Å². The van der Waals surface area contributed by atoms with Gasteiger partial charge in [-0.2, -0.15) is 4.31 Å². The lowest BCUT2D eigenvalue weighted by atomic mass is 10.2. The maximum absolute atomic E-state index is 12.6. The molecule has 0 bridgehead atoms. The molecule has 0 aliphatic heterocycles. The van der Waals surface area contributed by atoms with E-state index in [1.54, 1.807) is 6.33 Å². The van der Waals surface area contributed by atoms with Crippen molar-refractivity contribution in [1.29, 1.82) is 0 Å². The number of amides is 1. The first-order valence-corrected chi connectivity index (χ1v) is 11.0. The summed E-state index contributed by atoms with van der Waals surface area (Å²) in [5.74, 6) is -0.521. The predicted molar refractivity (Wildman–Crippen MR) is 114 cm³/mol. The third-order valence-electron chi connectivity index (χ3n) is 4.76. The lowest BCUT2D eigenvalue weighted by Crippen LogP contribution is -2.38. The van der Waals surface area contributed by atoms with Crippen molar-refractivity contribution < 1.29 is 18.0 Å². The summed E-state index contributed by atoms with van der Waals surface area (Å²) in [6.45, 7) is 2.24. The molecule has 0 fully saturated rings.